The van der Waals surface area contributed by atoms with Gasteiger partial charge in [-0.25, -0.2) is 4.79 Å². The first-order valence-electron chi connectivity index (χ1n) is 5.37. The number of hydrogen-bond donors (Lipinski definition) is 1. The van der Waals surface area contributed by atoms with Gasteiger partial charge in [-0.05, 0) is 12.1 Å². The number of benzene rings is 1. The third-order valence-electron chi connectivity index (χ3n) is 2.42. The van der Waals surface area contributed by atoms with Crippen molar-refractivity contribution in [2.75, 3.05) is 28.4 Å². The van der Waals surface area contributed by atoms with Crippen LogP contribution < -0.4 is 18.9 Å². The van der Waals surface area contributed by atoms with Crippen molar-refractivity contribution in [3.63, 3.8) is 0 Å². The molecular formula is C13H16O6. The molecule has 19 heavy (non-hydrogen) atoms. The Morgan fingerprint density at radius 2 is 1.58 bits per heavy atom. The minimum absolute atomic E-state index is 0.342. The normalized spacial score (nSPS) is 10.3. The highest BCUT2D eigenvalue weighted by Gasteiger charge is 2.20. The van der Waals surface area contributed by atoms with Gasteiger partial charge < -0.3 is 24.1 Å². The van der Waals surface area contributed by atoms with E-state index in [1.165, 1.54) is 34.5 Å². The Labute approximate surface area is 111 Å². The molecule has 0 aliphatic heterocycles. The first-order valence-corrected chi connectivity index (χ1v) is 5.37. The molecule has 1 rings (SSSR count). The number of ether oxygens (including phenoxy) is 4. The van der Waals surface area contributed by atoms with Crippen LogP contribution in [0, 0.1) is 0 Å². The van der Waals surface area contributed by atoms with Gasteiger partial charge in [-0.2, -0.15) is 0 Å². The van der Waals surface area contributed by atoms with Crippen LogP contribution in [-0.4, -0.2) is 39.5 Å². The molecule has 1 aromatic carbocycles. The van der Waals surface area contributed by atoms with Crippen LogP contribution in [0.2, 0.25) is 0 Å². The second kappa shape index (κ2) is 6.53. The maximum absolute atomic E-state index is 10.6. The Hall–Kier alpha value is -2.37. The average molecular weight is 268 g/mol. The van der Waals surface area contributed by atoms with Gasteiger partial charge in [-0.15, -0.1) is 0 Å². The summed E-state index contributed by atoms with van der Waals surface area (Å²) in [6.45, 7) is 0. The van der Waals surface area contributed by atoms with Crippen LogP contribution in [-0.2, 0) is 4.79 Å². The molecule has 1 aromatic rings. The second-order valence-corrected chi connectivity index (χ2v) is 3.44. The summed E-state index contributed by atoms with van der Waals surface area (Å²) in [5.41, 5.74) is 0.513. The van der Waals surface area contributed by atoms with E-state index >= 15 is 0 Å². The lowest BCUT2D eigenvalue weighted by Crippen LogP contribution is -2.00. The Bertz CT molecular complexity index is 492. The molecule has 0 saturated heterocycles. The van der Waals surface area contributed by atoms with Gasteiger partial charge in [0.15, 0.2) is 11.5 Å². The monoisotopic (exact) mass is 268 g/mol. The van der Waals surface area contributed by atoms with Gasteiger partial charge in [0, 0.05) is 11.6 Å². The molecule has 0 unspecified atom stereocenters. The fraction of sp³-hybridized carbons (Fsp3) is 0.308. The zero-order valence-corrected chi connectivity index (χ0v) is 11.2. The fourth-order valence-corrected chi connectivity index (χ4v) is 1.64. The predicted octanol–water partition coefficient (Wildman–Crippen LogP) is 1.82. The SMILES string of the molecule is COc1cc(/C=C/C(=O)O)c(OC)c(OC)c1OC. The van der Waals surface area contributed by atoms with Crippen LogP contribution in [0.5, 0.6) is 23.0 Å². The van der Waals surface area contributed by atoms with Crippen molar-refractivity contribution in [2.24, 2.45) is 0 Å². The van der Waals surface area contributed by atoms with E-state index in [1.54, 1.807) is 6.07 Å². The highest BCUT2D eigenvalue weighted by atomic mass is 16.5. The molecule has 0 amide bonds. The number of hydrogen-bond acceptors (Lipinski definition) is 5. The summed E-state index contributed by atoms with van der Waals surface area (Å²) in [5, 5.41) is 8.68. The summed E-state index contributed by atoms with van der Waals surface area (Å²) in [4.78, 5) is 10.6. The molecular weight excluding hydrogens is 252 g/mol. The minimum atomic E-state index is -1.06. The molecule has 6 nitrogen and oxygen atoms in total. The largest absolute Gasteiger partial charge is 0.493 e. The van der Waals surface area contributed by atoms with Gasteiger partial charge in [0.25, 0.3) is 0 Å². The van der Waals surface area contributed by atoms with Crippen LogP contribution in [0.25, 0.3) is 6.08 Å². The Morgan fingerprint density at radius 3 is 2.00 bits per heavy atom. The summed E-state index contributed by atoms with van der Waals surface area (Å²) in [7, 11) is 5.88. The molecule has 6 heteroatoms. The Balaban J connectivity index is 3.50. The third-order valence-corrected chi connectivity index (χ3v) is 2.42. The van der Waals surface area contributed by atoms with Crippen molar-refractivity contribution in [3.8, 4) is 23.0 Å². The fourth-order valence-electron chi connectivity index (χ4n) is 1.64. The van der Waals surface area contributed by atoms with Gasteiger partial charge in [0.1, 0.15) is 0 Å². The van der Waals surface area contributed by atoms with Gasteiger partial charge in [0.05, 0.1) is 28.4 Å². The van der Waals surface area contributed by atoms with E-state index in [9.17, 15) is 4.79 Å². The van der Waals surface area contributed by atoms with Crippen LogP contribution in [0.1, 0.15) is 5.56 Å². The predicted molar refractivity (Wildman–Crippen MR) is 69.3 cm³/mol. The van der Waals surface area contributed by atoms with Crippen molar-refractivity contribution in [1.29, 1.82) is 0 Å². The lowest BCUT2D eigenvalue weighted by atomic mass is 10.1. The van der Waals surface area contributed by atoms with Gasteiger partial charge in [-0.1, -0.05) is 0 Å². The van der Waals surface area contributed by atoms with Gasteiger partial charge in [0.2, 0.25) is 11.5 Å². The standard InChI is InChI=1S/C13H16O6/c1-16-9-7-8(5-6-10(14)15)11(17-2)13(19-4)12(9)18-3/h5-7H,1-4H3,(H,14,15)/b6-5+. The molecule has 0 radical (unpaired) electrons. The molecule has 0 aromatic heterocycles. The molecule has 0 aliphatic rings. The number of carbonyl (C=O) groups is 1. The summed E-state index contributed by atoms with van der Waals surface area (Å²) in [5.74, 6) is 0.461. The first kappa shape index (κ1) is 14.7. The molecule has 0 saturated carbocycles. The maximum atomic E-state index is 10.6. The van der Waals surface area contributed by atoms with E-state index in [-0.39, 0.29) is 0 Å². The van der Waals surface area contributed by atoms with E-state index < -0.39 is 5.97 Å². The van der Waals surface area contributed by atoms with Crippen molar-refractivity contribution >= 4 is 12.0 Å². The van der Waals surface area contributed by atoms with E-state index in [0.29, 0.717) is 28.6 Å². The number of aliphatic carboxylic acids is 1. The summed E-state index contributed by atoms with van der Waals surface area (Å²) < 4.78 is 20.9. The number of rotatable bonds is 6. The van der Waals surface area contributed by atoms with Crippen molar-refractivity contribution < 1.29 is 28.8 Å². The quantitative estimate of drug-likeness (QED) is 0.793. The van der Waals surface area contributed by atoms with Gasteiger partial charge >= 0.3 is 5.97 Å². The third kappa shape index (κ3) is 3.09. The molecule has 0 bridgehead atoms. The smallest absolute Gasteiger partial charge is 0.328 e. The minimum Gasteiger partial charge on any atom is -0.493 e. The molecule has 0 heterocycles. The molecule has 104 valence electrons. The average Bonchev–Trinajstić information content (AvgIpc) is 2.42. The summed E-state index contributed by atoms with van der Waals surface area (Å²) >= 11 is 0. The second-order valence-electron chi connectivity index (χ2n) is 3.44. The van der Waals surface area contributed by atoms with Crippen LogP contribution in [0.15, 0.2) is 12.1 Å². The van der Waals surface area contributed by atoms with Crippen molar-refractivity contribution in [2.45, 2.75) is 0 Å². The zero-order chi connectivity index (χ0) is 14.4. The molecule has 0 aliphatic carbocycles. The summed E-state index contributed by atoms with van der Waals surface area (Å²) in [6.07, 6.45) is 2.40. The highest BCUT2D eigenvalue weighted by Crippen LogP contribution is 2.46. The molecule has 0 spiro atoms. The first-order chi connectivity index (χ1) is 9.08. The van der Waals surface area contributed by atoms with Crippen molar-refractivity contribution in [3.05, 3.63) is 17.7 Å². The van der Waals surface area contributed by atoms with Crippen LogP contribution >= 0.6 is 0 Å². The molecule has 0 atom stereocenters. The topological polar surface area (TPSA) is 74.2 Å². The van der Waals surface area contributed by atoms with Gasteiger partial charge in [-0.3, -0.25) is 0 Å². The molecule has 0 fully saturated rings. The molecule has 1 N–H and O–H groups in total. The highest BCUT2D eigenvalue weighted by molar-refractivity contribution is 5.87. The van der Waals surface area contributed by atoms with Crippen molar-refractivity contribution in [1.82, 2.24) is 0 Å². The lowest BCUT2D eigenvalue weighted by molar-refractivity contribution is -0.131. The Morgan fingerprint density at radius 1 is 1.00 bits per heavy atom. The van der Waals surface area contributed by atoms with E-state index in [0.717, 1.165) is 6.08 Å². The Kier molecular flexibility index (Phi) is 5.05. The van der Waals surface area contributed by atoms with Crippen LogP contribution in [0.3, 0.4) is 0 Å². The van der Waals surface area contributed by atoms with E-state index in [1.807, 2.05) is 0 Å². The number of methoxy groups -OCH3 is 4. The lowest BCUT2D eigenvalue weighted by Gasteiger charge is -2.17. The van der Waals surface area contributed by atoms with E-state index in [4.69, 9.17) is 24.1 Å². The number of carboxylic acids is 1. The zero-order valence-electron chi connectivity index (χ0n) is 11.2. The van der Waals surface area contributed by atoms with Crippen LogP contribution in [0.4, 0.5) is 0 Å². The van der Waals surface area contributed by atoms with E-state index in [2.05, 4.69) is 0 Å². The maximum Gasteiger partial charge on any atom is 0.328 e. The summed E-state index contributed by atoms with van der Waals surface area (Å²) in [6, 6.07) is 1.61. The number of carboxylic acid groups (broad SMARTS) is 1.